The number of rotatable bonds is 11. The van der Waals surface area contributed by atoms with Gasteiger partial charge in [-0.1, -0.05) is 44.7 Å². The number of alkyl carbamates (subject to hydrolysis) is 1. The Morgan fingerprint density at radius 1 is 1.15 bits per heavy atom. The van der Waals surface area contributed by atoms with Crippen LogP contribution in [-0.2, 0) is 16.0 Å². The Morgan fingerprint density at radius 3 is 2.48 bits per heavy atom. The smallest absolute Gasteiger partial charge is 0.408 e. The number of hydrogen-bond acceptors (Lipinski definition) is 4. The average Bonchev–Trinajstić information content (AvgIpc) is 2.56. The van der Waals surface area contributed by atoms with Crippen LogP contribution in [0.4, 0.5) is 4.79 Å². The van der Waals surface area contributed by atoms with Crippen LogP contribution in [0, 0.1) is 0 Å². The second-order valence-corrected chi connectivity index (χ2v) is 7.65. The summed E-state index contributed by atoms with van der Waals surface area (Å²) in [7, 11) is 0. The minimum Gasteiger partial charge on any atom is -0.494 e. The Kier molecular flexibility index (Phi) is 9.68. The predicted octanol–water partition coefficient (Wildman–Crippen LogP) is 4.56. The minimum atomic E-state index is -1.11. The van der Waals surface area contributed by atoms with E-state index in [1.54, 1.807) is 20.8 Å². The summed E-state index contributed by atoms with van der Waals surface area (Å²) in [6, 6.07) is 6.25. The molecule has 1 aromatic rings. The maximum absolute atomic E-state index is 11.9. The number of amides is 1. The van der Waals surface area contributed by atoms with Crippen LogP contribution in [0.25, 0.3) is 0 Å². The van der Waals surface area contributed by atoms with Gasteiger partial charge in [0.15, 0.2) is 0 Å². The molecule has 0 aromatic heterocycles. The summed E-state index contributed by atoms with van der Waals surface area (Å²) in [6.45, 7) is 8.01. The van der Waals surface area contributed by atoms with Gasteiger partial charge in [0.25, 0.3) is 0 Å². The number of hydrogen-bond donors (Lipinski definition) is 2. The van der Waals surface area contributed by atoms with Gasteiger partial charge in [-0.3, -0.25) is 0 Å². The summed E-state index contributed by atoms with van der Waals surface area (Å²) in [5.74, 6) is -0.396. The van der Waals surface area contributed by atoms with Gasteiger partial charge >= 0.3 is 12.1 Å². The number of unbranched alkanes of at least 4 members (excludes halogenated alkanes) is 4. The maximum Gasteiger partial charge on any atom is 0.408 e. The van der Waals surface area contributed by atoms with E-state index in [9.17, 15) is 14.7 Å². The van der Waals surface area contributed by atoms with Crippen molar-refractivity contribution in [2.45, 2.75) is 77.9 Å². The molecule has 0 saturated heterocycles. The van der Waals surface area contributed by atoms with E-state index in [1.165, 1.54) is 19.3 Å². The summed E-state index contributed by atoms with van der Waals surface area (Å²) >= 11 is 0. The molecule has 1 rings (SSSR count). The Hall–Kier alpha value is -2.24. The first-order chi connectivity index (χ1) is 12.7. The second-order valence-electron chi connectivity index (χ2n) is 7.65. The molecule has 6 heteroatoms. The first kappa shape index (κ1) is 22.8. The van der Waals surface area contributed by atoms with Crippen LogP contribution in [0.3, 0.4) is 0 Å². The van der Waals surface area contributed by atoms with Crippen molar-refractivity contribution in [3.05, 3.63) is 29.8 Å². The summed E-state index contributed by atoms with van der Waals surface area (Å²) in [5.41, 5.74) is 0.0971. The van der Waals surface area contributed by atoms with E-state index in [4.69, 9.17) is 9.47 Å². The molecule has 152 valence electrons. The molecule has 0 aliphatic carbocycles. The fraction of sp³-hybridized carbons (Fsp3) is 0.619. The third kappa shape index (κ3) is 10.5. The lowest BCUT2D eigenvalue weighted by atomic mass is 10.1. The molecule has 2 N–H and O–H groups in total. The van der Waals surface area contributed by atoms with E-state index < -0.39 is 23.7 Å². The van der Waals surface area contributed by atoms with Gasteiger partial charge < -0.3 is 19.9 Å². The first-order valence-electron chi connectivity index (χ1n) is 9.65. The second kappa shape index (κ2) is 11.5. The zero-order valence-electron chi connectivity index (χ0n) is 16.9. The number of carboxylic acid groups (broad SMARTS) is 1. The highest BCUT2D eigenvalue weighted by Gasteiger charge is 2.24. The lowest BCUT2D eigenvalue weighted by molar-refractivity contribution is -0.139. The van der Waals surface area contributed by atoms with Crippen LogP contribution < -0.4 is 10.1 Å². The van der Waals surface area contributed by atoms with Gasteiger partial charge in [-0.25, -0.2) is 9.59 Å². The Labute approximate surface area is 162 Å². The van der Waals surface area contributed by atoms with Gasteiger partial charge in [0, 0.05) is 6.42 Å². The number of carbonyl (C=O) groups is 2. The molecule has 1 unspecified atom stereocenters. The van der Waals surface area contributed by atoms with Crippen LogP contribution in [0.1, 0.15) is 65.4 Å². The molecule has 0 fully saturated rings. The molecule has 0 aliphatic heterocycles. The quantitative estimate of drug-likeness (QED) is 0.551. The zero-order chi connectivity index (χ0) is 20.3. The van der Waals surface area contributed by atoms with Gasteiger partial charge in [0.05, 0.1) is 6.61 Å². The highest BCUT2D eigenvalue weighted by molar-refractivity contribution is 5.80. The van der Waals surface area contributed by atoms with Crippen molar-refractivity contribution in [3.8, 4) is 5.75 Å². The van der Waals surface area contributed by atoms with Gasteiger partial charge in [0.2, 0.25) is 0 Å². The highest BCUT2D eigenvalue weighted by atomic mass is 16.6. The lowest BCUT2D eigenvalue weighted by Crippen LogP contribution is -2.44. The molecule has 6 nitrogen and oxygen atoms in total. The van der Waals surface area contributed by atoms with Crippen molar-refractivity contribution in [1.29, 1.82) is 0 Å². The van der Waals surface area contributed by atoms with Crippen molar-refractivity contribution in [3.63, 3.8) is 0 Å². The monoisotopic (exact) mass is 379 g/mol. The third-order valence-corrected chi connectivity index (χ3v) is 3.84. The number of ether oxygens (including phenoxy) is 2. The van der Waals surface area contributed by atoms with Crippen LogP contribution in [0.2, 0.25) is 0 Å². The number of nitrogens with one attached hydrogen (secondary N) is 1. The fourth-order valence-electron chi connectivity index (χ4n) is 2.54. The van der Waals surface area contributed by atoms with E-state index in [1.807, 2.05) is 24.3 Å². The van der Waals surface area contributed by atoms with Crippen molar-refractivity contribution < 1.29 is 24.2 Å². The molecule has 0 bridgehead atoms. The first-order valence-corrected chi connectivity index (χ1v) is 9.65. The SMILES string of the molecule is CCCCCCCOc1cccc(CC(NC(=O)OC(C)(C)C)C(=O)O)c1. The Morgan fingerprint density at radius 2 is 1.85 bits per heavy atom. The minimum absolute atomic E-state index is 0.155. The maximum atomic E-state index is 11.9. The van der Waals surface area contributed by atoms with Crippen molar-refractivity contribution >= 4 is 12.1 Å². The molecular weight excluding hydrogens is 346 g/mol. The Bertz CT molecular complexity index is 594. The van der Waals surface area contributed by atoms with E-state index in [-0.39, 0.29) is 6.42 Å². The molecule has 1 aromatic carbocycles. The zero-order valence-corrected chi connectivity index (χ0v) is 16.9. The van der Waals surface area contributed by atoms with Crippen molar-refractivity contribution in [2.75, 3.05) is 6.61 Å². The number of benzene rings is 1. The van der Waals surface area contributed by atoms with Gasteiger partial charge in [-0.05, 0) is 44.9 Å². The van der Waals surface area contributed by atoms with Crippen LogP contribution in [0.15, 0.2) is 24.3 Å². The van der Waals surface area contributed by atoms with Crippen molar-refractivity contribution in [2.24, 2.45) is 0 Å². The molecule has 27 heavy (non-hydrogen) atoms. The standard InChI is InChI=1S/C21H33NO5/c1-5-6-7-8-9-13-26-17-12-10-11-16(14-17)15-18(19(23)24)22-20(25)27-21(2,3)4/h10-12,14,18H,5-9,13,15H2,1-4H3,(H,22,25)(H,23,24). The molecule has 0 heterocycles. The number of carboxylic acids is 1. The van der Waals surface area contributed by atoms with Crippen LogP contribution in [0.5, 0.6) is 5.75 Å². The van der Waals surface area contributed by atoms with E-state index in [0.717, 1.165) is 18.4 Å². The topological polar surface area (TPSA) is 84.9 Å². The van der Waals surface area contributed by atoms with Gasteiger partial charge in [0.1, 0.15) is 17.4 Å². The number of aliphatic carboxylic acids is 1. The lowest BCUT2D eigenvalue weighted by Gasteiger charge is -2.22. The van der Waals surface area contributed by atoms with Crippen LogP contribution in [-0.4, -0.2) is 35.4 Å². The van der Waals surface area contributed by atoms with Gasteiger partial charge in [-0.2, -0.15) is 0 Å². The molecule has 1 amide bonds. The summed E-state index contributed by atoms with van der Waals surface area (Å²) in [4.78, 5) is 23.3. The van der Waals surface area contributed by atoms with Crippen LogP contribution >= 0.6 is 0 Å². The summed E-state index contributed by atoms with van der Waals surface area (Å²) < 4.78 is 10.9. The largest absolute Gasteiger partial charge is 0.494 e. The van der Waals surface area contributed by atoms with E-state index in [0.29, 0.717) is 12.4 Å². The van der Waals surface area contributed by atoms with Crippen molar-refractivity contribution in [1.82, 2.24) is 5.32 Å². The van der Waals surface area contributed by atoms with E-state index >= 15 is 0 Å². The fourth-order valence-corrected chi connectivity index (χ4v) is 2.54. The van der Waals surface area contributed by atoms with Gasteiger partial charge in [-0.15, -0.1) is 0 Å². The molecule has 0 saturated carbocycles. The highest BCUT2D eigenvalue weighted by Crippen LogP contribution is 2.16. The number of carbonyl (C=O) groups excluding carboxylic acids is 1. The molecular formula is C21H33NO5. The summed E-state index contributed by atoms with van der Waals surface area (Å²) in [5, 5.41) is 11.8. The molecule has 0 spiro atoms. The third-order valence-electron chi connectivity index (χ3n) is 3.84. The molecule has 0 radical (unpaired) electrons. The molecule has 0 aliphatic rings. The molecule has 1 atom stereocenters. The van der Waals surface area contributed by atoms with E-state index in [2.05, 4.69) is 12.2 Å². The Balaban J connectivity index is 2.56. The predicted molar refractivity (Wildman–Crippen MR) is 105 cm³/mol. The summed E-state index contributed by atoms with van der Waals surface area (Å²) in [6.07, 6.45) is 5.24. The normalized spacial score (nSPS) is 12.3. The average molecular weight is 379 g/mol.